The molecule has 154 valence electrons. The first kappa shape index (κ1) is 19.9. The second kappa shape index (κ2) is 7.79. The maximum Gasteiger partial charge on any atom is 0.267 e. The van der Waals surface area contributed by atoms with Crippen LogP contribution in [0.15, 0.2) is 82.0 Å². The second-order valence-corrected chi connectivity index (χ2v) is 9.19. The minimum atomic E-state index is -3.74. The van der Waals surface area contributed by atoms with Crippen molar-refractivity contribution in [1.29, 1.82) is 0 Å². The van der Waals surface area contributed by atoms with Crippen molar-refractivity contribution in [2.45, 2.75) is 30.6 Å². The van der Waals surface area contributed by atoms with Gasteiger partial charge in [0.05, 0.1) is 10.6 Å². The van der Waals surface area contributed by atoms with Crippen LogP contribution in [0.3, 0.4) is 0 Å². The number of benzene rings is 2. The summed E-state index contributed by atoms with van der Waals surface area (Å²) >= 11 is 0. The Morgan fingerprint density at radius 3 is 2.37 bits per heavy atom. The molecule has 2 aromatic carbocycles. The maximum absolute atomic E-state index is 13.3. The van der Waals surface area contributed by atoms with Gasteiger partial charge in [-0.1, -0.05) is 48.0 Å². The number of nitrogens with zero attached hydrogens (tertiary/aromatic N) is 3. The zero-order valence-corrected chi connectivity index (χ0v) is 17.4. The Labute approximate surface area is 175 Å². The van der Waals surface area contributed by atoms with Crippen LogP contribution in [-0.4, -0.2) is 24.1 Å². The van der Waals surface area contributed by atoms with Crippen LogP contribution in [0.1, 0.15) is 34.7 Å². The van der Waals surface area contributed by atoms with Gasteiger partial charge in [0.25, 0.3) is 10.0 Å². The third kappa shape index (κ3) is 3.73. The monoisotopic (exact) mass is 421 g/mol. The first-order chi connectivity index (χ1) is 14.4. The quantitative estimate of drug-likeness (QED) is 0.383. The minimum absolute atomic E-state index is 0.0634. The van der Waals surface area contributed by atoms with Crippen LogP contribution >= 0.6 is 0 Å². The van der Waals surface area contributed by atoms with Gasteiger partial charge in [-0.25, -0.2) is 12.4 Å². The van der Waals surface area contributed by atoms with Crippen molar-refractivity contribution in [3.05, 3.63) is 89.2 Å². The fourth-order valence-corrected chi connectivity index (χ4v) is 5.17. The van der Waals surface area contributed by atoms with E-state index >= 15 is 0 Å². The molecule has 0 saturated carbocycles. The maximum atomic E-state index is 13.3. The average Bonchev–Trinajstić information content (AvgIpc) is 3.18. The molecule has 0 saturated heterocycles. The predicted octanol–water partition coefficient (Wildman–Crippen LogP) is 2.74. The van der Waals surface area contributed by atoms with Gasteiger partial charge in [0.2, 0.25) is 5.96 Å². The highest BCUT2D eigenvalue weighted by Crippen LogP contribution is 2.35. The highest BCUT2D eigenvalue weighted by Gasteiger charge is 2.31. The van der Waals surface area contributed by atoms with Gasteiger partial charge in [-0.05, 0) is 49.4 Å². The Hall–Kier alpha value is -3.39. The van der Waals surface area contributed by atoms with Gasteiger partial charge in [0, 0.05) is 17.5 Å². The van der Waals surface area contributed by atoms with Crippen molar-refractivity contribution >= 4 is 21.7 Å². The van der Waals surface area contributed by atoms with E-state index in [0.29, 0.717) is 24.2 Å². The van der Waals surface area contributed by atoms with Crippen molar-refractivity contribution in [3.8, 4) is 0 Å². The number of rotatable bonds is 4. The number of aryl methyl sites for hydroxylation is 1. The molecule has 1 aromatic heterocycles. The first-order valence-electron chi connectivity index (χ1n) is 9.59. The smallest absolute Gasteiger partial charge is 0.267 e. The molecule has 4 N–H and O–H groups in total. The van der Waals surface area contributed by atoms with Crippen LogP contribution in [0, 0.1) is 6.92 Å². The van der Waals surface area contributed by atoms with Crippen LogP contribution in [0.2, 0.25) is 0 Å². The van der Waals surface area contributed by atoms with Crippen LogP contribution in [0.4, 0.5) is 0 Å². The molecule has 4 rings (SSSR count). The molecule has 0 amide bonds. The van der Waals surface area contributed by atoms with E-state index in [2.05, 4.69) is 10.2 Å². The van der Waals surface area contributed by atoms with Gasteiger partial charge >= 0.3 is 0 Å². The van der Waals surface area contributed by atoms with Crippen LogP contribution in [-0.2, 0) is 16.4 Å². The molecule has 1 atom stereocenters. The minimum Gasteiger partial charge on any atom is -0.369 e. The third-order valence-electron chi connectivity index (χ3n) is 5.28. The third-order valence-corrected chi connectivity index (χ3v) is 7.01. The largest absolute Gasteiger partial charge is 0.369 e. The molecule has 0 aliphatic heterocycles. The summed E-state index contributed by atoms with van der Waals surface area (Å²) in [5.41, 5.74) is 15.1. The molecular weight excluding hydrogens is 398 g/mol. The lowest BCUT2D eigenvalue weighted by Gasteiger charge is -2.25. The summed E-state index contributed by atoms with van der Waals surface area (Å²) in [6.45, 7) is 1.92. The van der Waals surface area contributed by atoms with Crippen molar-refractivity contribution in [2.24, 2.45) is 21.7 Å². The second-order valence-electron chi connectivity index (χ2n) is 7.38. The zero-order chi connectivity index (χ0) is 21.3. The van der Waals surface area contributed by atoms with E-state index in [1.165, 1.54) is 3.97 Å². The molecule has 0 bridgehead atoms. The summed E-state index contributed by atoms with van der Waals surface area (Å²) < 4.78 is 28.1. The molecule has 1 aliphatic carbocycles. The van der Waals surface area contributed by atoms with Crippen LogP contribution in [0.5, 0.6) is 0 Å². The molecule has 3 aromatic rings. The molecule has 7 nitrogen and oxygen atoms in total. The Kier molecular flexibility index (Phi) is 5.17. The molecule has 0 radical (unpaired) electrons. The predicted molar refractivity (Wildman–Crippen MR) is 118 cm³/mol. The van der Waals surface area contributed by atoms with Gasteiger partial charge in [-0.15, -0.1) is 5.10 Å². The standard InChI is InChI=1S/C22H23N5O2S/c1-15-7-9-18(10-8-15)30(28,29)27-12-11-19-20(25-26-22(23)24)13-17(14-21(19)27)16-5-3-2-4-6-16/h2-12,17H,13-14H2,1H3,(H4,23,24,26). The van der Waals surface area contributed by atoms with Crippen LogP contribution in [0.25, 0.3) is 0 Å². The van der Waals surface area contributed by atoms with E-state index in [1.54, 1.807) is 36.5 Å². The lowest BCUT2D eigenvalue weighted by atomic mass is 9.82. The summed E-state index contributed by atoms with van der Waals surface area (Å²) in [5, 5.41) is 8.04. The number of guanidine groups is 1. The Bertz CT molecular complexity index is 1220. The number of fused-ring (bicyclic) bond motifs is 1. The highest BCUT2D eigenvalue weighted by atomic mass is 32.2. The van der Waals surface area contributed by atoms with Gasteiger partial charge in [-0.2, -0.15) is 5.10 Å². The molecule has 1 heterocycles. The lowest BCUT2D eigenvalue weighted by molar-refractivity contribution is 0.581. The van der Waals surface area contributed by atoms with Gasteiger partial charge < -0.3 is 11.5 Å². The van der Waals surface area contributed by atoms with Crippen LogP contribution < -0.4 is 11.5 Å². The fraction of sp³-hybridized carbons (Fsp3) is 0.182. The lowest BCUT2D eigenvalue weighted by Crippen LogP contribution is -2.25. The Balaban J connectivity index is 1.84. The van der Waals surface area contributed by atoms with Crippen molar-refractivity contribution in [3.63, 3.8) is 0 Å². The number of aromatic nitrogens is 1. The SMILES string of the molecule is Cc1ccc(S(=O)(=O)n2ccc3c2CC(c2ccccc2)CC3=NN=C(N)N)cc1. The Morgan fingerprint density at radius 2 is 1.70 bits per heavy atom. The summed E-state index contributed by atoms with van der Waals surface area (Å²) in [5.74, 6) is -0.0777. The molecule has 30 heavy (non-hydrogen) atoms. The van der Waals surface area contributed by atoms with Gasteiger partial charge in [0.1, 0.15) is 0 Å². The average molecular weight is 422 g/mol. The normalized spacial score (nSPS) is 17.5. The zero-order valence-electron chi connectivity index (χ0n) is 16.6. The molecule has 8 heteroatoms. The molecule has 0 spiro atoms. The molecule has 0 fully saturated rings. The number of hydrogen-bond donors (Lipinski definition) is 2. The molecule has 1 aliphatic rings. The summed E-state index contributed by atoms with van der Waals surface area (Å²) in [6.07, 6.45) is 2.76. The first-order valence-corrected chi connectivity index (χ1v) is 11.0. The molecule has 1 unspecified atom stereocenters. The Morgan fingerprint density at radius 1 is 1.00 bits per heavy atom. The molecular formula is C22H23N5O2S. The van der Waals surface area contributed by atoms with E-state index in [1.807, 2.05) is 37.3 Å². The van der Waals surface area contributed by atoms with E-state index in [-0.39, 0.29) is 16.8 Å². The number of nitrogens with two attached hydrogens (primary N) is 2. The highest BCUT2D eigenvalue weighted by molar-refractivity contribution is 7.90. The fourth-order valence-electron chi connectivity index (χ4n) is 3.78. The summed E-state index contributed by atoms with van der Waals surface area (Å²) in [7, 11) is -3.74. The van der Waals surface area contributed by atoms with Gasteiger partial charge in [-0.3, -0.25) is 0 Å². The van der Waals surface area contributed by atoms with Crippen molar-refractivity contribution < 1.29 is 8.42 Å². The van der Waals surface area contributed by atoms with E-state index < -0.39 is 10.0 Å². The van der Waals surface area contributed by atoms with Gasteiger partial charge in [0.15, 0.2) is 0 Å². The van der Waals surface area contributed by atoms with E-state index in [9.17, 15) is 8.42 Å². The summed E-state index contributed by atoms with van der Waals surface area (Å²) in [4.78, 5) is 0.246. The van der Waals surface area contributed by atoms with Crippen molar-refractivity contribution in [1.82, 2.24) is 3.97 Å². The number of hydrogen-bond acceptors (Lipinski definition) is 4. The van der Waals surface area contributed by atoms with Crippen molar-refractivity contribution in [2.75, 3.05) is 0 Å². The summed E-state index contributed by atoms with van der Waals surface area (Å²) in [6, 6.07) is 18.6. The topological polar surface area (TPSA) is 116 Å². The van der Waals surface area contributed by atoms with E-state index in [0.717, 1.165) is 16.7 Å². The van der Waals surface area contributed by atoms with E-state index in [4.69, 9.17) is 11.5 Å².